The highest BCUT2D eigenvalue weighted by Gasteiger charge is 2.06. The lowest BCUT2D eigenvalue weighted by molar-refractivity contribution is 0.907. The molecule has 1 aromatic heterocycles. The van der Waals surface area contributed by atoms with Gasteiger partial charge in [0.15, 0.2) is 0 Å². The zero-order chi connectivity index (χ0) is 11.5. The van der Waals surface area contributed by atoms with E-state index >= 15 is 0 Å². The number of aromatic nitrogens is 2. The number of halogens is 1. The average Bonchev–Trinajstić information content (AvgIpc) is 2.29. The summed E-state index contributed by atoms with van der Waals surface area (Å²) >= 11 is 11.1. The minimum Gasteiger partial charge on any atom is -0.342 e. The molecule has 82 valence electrons. The van der Waals surface area contributed by atoms with Crippen molar-refractivity contribution < 1.29 is 0 Å². The summed E-state index contributed by atoms with van der Waals surface area (Å²) in [5, 5.41) is -0.176. The van der Waals surface area contributed by atoms with Crippen molar-refractivity contribution in [1.29, 1.82) is 0 Å². The van der Waals surface area contributed by atoms with E-state index in [0.717, 1.165) is 11.3 Å². The normalized spacial score (nSPS) is 12.4. The van der Waals surface area contributed by atoms with Gasteiger partial charge in [-0.05, 0) is 18.6 Å². The Bertz CT molecular complexity index is 534. The van der Waals surface area contributed by atoms with Gasteiger partial charge in [-0.2, -0.15) is 0 Å². The van der Waals surface area contributed by atoms with Crippen molar-refractivity contribution in [2.75, 3.05) is 0 Å². The summed E-state index contributed by atoms with van der Waals surface area (Å²) in [6.07, 6.45) is 0. The smallest absolute Gasteiger partial charge is 0.130 e. The number of H-pyrrole nitrogens is 1. The van der Waals surface area contributed by atoms with E-state index in [1.165, 1.54) is 0 Å². The van der Waals surface area contributed by atoms with Crippen molar-refractivity contribution in [3.63, 3.8) is 0 Å². The molecule has 0 amide bonds. The number of alkyl halides is 1. The van der Waals surface area contributed by atoms with Crippen LogP contribution in [0.3, 0.4) is 0 Å². The fraction of sp³-hybridized carbons (Fsp3) is 0.167. The van der Waals surface area contributed by atoms with Gasteiger partial charge in [-0.25, -0.2) is 4.98 Å². The van der Waals surface area contributed by atoms with E-state index in [4.69, 9.17) is 23.8 Å². The standard InChI is InChI=1S/C12H11ClN2S/c1-8(13)12-14-10(7-11(16)15-12)9-5-3-2-4-6-9/h2-8H,1H3,(H,14,15,16). The molecule has 16 heavy (non-hydrogen) atoms. The lowest BCUT2D eigenvalue weighted by Crippen LogP contribution is -1.97. The van der Waals surface area contributed by atoms with E-state index in [1.54, 1.807) is 0 Å². The van der Waals surface area contributed by atoms with Crippen LogP contribution in [0.5, 0.6) is 0 Å². The predicted octanol–water partition coefficient (Wildman–Crippen LogP) is 4.11. The van der Waals surface area contributed by atoms with Gasteiger partial charge in [-0.15, -0.1) is 11.6 Å². The quantitative estimate of drug-likeness (QED) is 0.642. The zero-order valence-corrected chi connectivity index (χ0v) is 10.3. The van der Waals surface area contributed by atoms with Gasteiger partial charge >= 0.3 is 0 Å². The van der Waals surface area contributed by atoms with Gasteiger partial charge in [-0.1, -0.05) is 42.5 Å². The first kappa shape index (κ1) is 11.3. The monoisotopic (exact) mass is 250 g/mol. The van der Waals surface area contributed by atoms with Crippen molar-refractivity contribution in [1.82, 2.24) is 9.97 Å². The third-order valence-electron chi connectivity index (χ3n) is 2.22. The molecule has 2 aromatic rings. The molecule has 0 aliphatic rings. The van der Waals surface area contributed by atoms with Crippen molar-refractivity contribution in [2.24, 2.45) is 0 Å². The van der Waals surface area contributed by atoms with Crippen molar-refractivity contribution in [3.8, 4) is 11.3 Å². The molecule has 1 aromatic carbocycles. The second-order valence-corrected chi connectivity index (χ2v) is 4.57. The summed E-state index contributed by atoms with van der Waals surface area (Å²) in [6, 6.07) is 11.8. The highest BCUT2D eigenvalue weighted by molar-refractivity contribution is 7.71. The van der Waals surface area contributed by atoms with E-state index in [-0.39, 0.29) is 5.38 Å². The van der Waals surface area contributed by atoms with Crippen LogP contribution in [0.25, 0.3) is 11.3 Å². The van der Waals surface area contributed by atoms with Crippen LogP contribution in [0.15, 0.2) is 36.4 Å². The fourth-order valence-corrected chi connectivity index (χ4v) is 1.76. The Hall–Kier alpha value is -1.19. The Morgan fingerprint density at radius 3 is 2.62 bits per heavy atom. The summed E-state index contributed by atoms with van der Waals surface area (Å²) in [5.41, 5.74) is 2.03. The third-order valence-corrected chi connectivity index (χ3v) is 2.64. The van der Waals surface area contributed by atoms with Gasteiger partial charge in [0, 0.05) is 5.69 Å². The Kier molecular flexibility index (Phi) is 3.36. The second-order valence-electron chi connectivity index (χ2n) is 3.50. The predicted molar refractivity (Wildman–Crippen MR) is 69.1 cm³/mol. The van der Waals surface area contributed by atoms with Gasteiger partial charge in [-0.3, -0.25) is 0 Å². The van der Waals surface area contributed by atoms with Crippen LogP contribution in [0.1, 0.15) is 18.1 Å². The van der Waals surface area contributed by atoms with E-state index < -0.39 is 0 Å². The molecule has 0 aliphatic heterocycles. The highest BCUT2D eigenvalue weighted by Crippen LogP contribution is 2.20. The maximum atomic E-state index is 5.99. The molecule has 0 radical (unpaired) electrons. The number of nitrogens with zero attached hydrogens (tertiary/aromatic N) is 1. The topological polar surface area (TPSA) is 28.7 Å². The summed E-state index contributed by atoms with van der Waals surface area (Å²) < 4.78 is 0.556. The van der Waals surface area contributed by atoms with Gasteiger partial charge in [0.05, 0.1) is 5.38 Å². The van der Waals surface area contributed by atoms with Crippen molar-refractivity contribution in [2.45, 2.75) is 12.3 Å². The Morgan fingerprint density at radius 1 is 1.31 bits per heavy atom. The number of rotatable bonds is 2. The number of benzene rings is 1. The van der Waals surface area contributed by atoms with Gasteiger partial charge < -0.3 is 4.98 Å². The maximum Gasteiger partial charge on any atom is 0.130 e. The average molecular weight is 251 g/mol. The van der Waals surface area contributed by atoms with E-state index in [1.807, 2.05) is 43.3 Å². The molecule has 0 saturated carbocycles. The molecule has 0 spiro atoms. The molecule has 2 rings (SSSR count). The Morgan fingerprint density at radius 2 is 2.00 bits per heavy atom. The first-order valence-electron chi connectivity index (χ1n) is 4.97. The zero-order valence-electron chi connectivity index (χ0n) is 8.77. The molecular formula is C12H11ClN2S. The number of nitrogens with one attached hydrogen (secondary N) is 1. The summed E-state index contributed by atoms with van der Waals surface area (Å²) in [4.78, 5) is 7.38. The minimum atomic E-state index is -0.176. The Balaban J connectivity index is 2.54. The number of hydrogen-bond acceptors (Lipinski definition) is 2. The summed E-state index contributed by atoms with van der Waals surface area (Å²) in [6.45, 7) is 1.87. The largest absolute Gasteiger partial charge is 0.342 e. The lowest BCUT2D eigenvalue weighted by Gasteiger charge is -2.07. The Labute approximate surface area is 104 Å². The molecule has 0 saturated heterocycles. The lowest BCUT2D eigenvalue weighted by atomic mass is 10.1. The number of hydrogen-bond donors (Lipinski definition) is 1. The molecule has 1 N–H and O–H groups in total. The van der Waals surface area contributed by atoms with Crippen LogP contribution in [0.4, 0.5) is 0 Å². The molecular weight excluding hydrogens is 240 g/mol. The number of aromatic amines is 1. The first-order chi connectivity index (χ1) is 7.66. The van der Waals surface area contributed by atoms with Crippen LogP contribution < -0.4 is 0 Å². The van der Waals surface area contributed by atoms with Crippen LogP contribution in [-0.4, -0.2) is 9.97 Å². The van der Waals surface area contributed by atoms with Crippen LogP contribution in [0.2, 0.25) is 0 Å². The molecule has 0 aliphatic carbocycles. The van der Waals surface area contributed by atoms with Gasteiger partial charge in [0.2, 0.25) is 0 Å². The molecule has 1 unspecified atom stereocenters. The van der Waals surface area contributed by atoms with E-state index in [2.05, 4.69) is 9.97 Å². The summed E-state index contributed by atoms with van der Waals surface area (Å²) in [7, 11) is 0. The van der Waals surface area contributed by atoms with Crippen molar-refractivity contribution >= 4 is 23.8 Å². The molecule has 4 heteroatoms. The van der Waals surface area contributed by atoms with Crippen LogP contribution >= 0.6 is 23.8 Å². The molecule has 0 bridgehead atoms. The molecule has 2 nitrogen and oxygen atoms in total. The van der Waals surface area contributed by atoms with Gasteiger partial charge in [0.1, 0.15) is 10.5 Å². The van der Waals surface area contributed by atoms with Gasteiger partial charge in [0.25, 0.3) is 0 Å². The van der Waals surface area contributed by atoms with Crippen LogP contribution in [-0.2, 0) is 0 Å². The second kappa shape index (κ2) is 4.76. The maximum absolute atomic E-state index is 5.99. The van der Waals surface area contributed by atoms with Crippen LogP contribution in [0, 0.1) is 4.64 Å². The third kappa shape index (κ3) is 2.49. The fourth-order valence-electron chi connectivity index (χ4n) is 1.44. The SMILES string of the molecule is CC(Cl)c1nc(=S)cc(-c2ccccc2)[nH]1. The molecule has 0 fully saturated rings. The first-order valence-corrected chi connectivity index (χ1v) is 5.82. The minimum absolute atomic E-state index is 0.176. The summed E-state index contributed by atoms with van der Waals surface area (Å²) in [5.74, 6) is 0.702. The van der Waals surface area contributed by atoms with E-state index in [9.17, 15) is 0 Å². The molecule has 1 heterocycles. The van der Waals surface area contributed by atoms with Crippen molar-refractivity contribution in [3.05, 3.63) is 46.9 Å². The molecule has 1 atom stereocenters. The van der Waals surface area contributed by atoms with E-state index in [0.29, 0.717) is 10.5 Å². The highest BCUT2D eigenvalue weighted by atomic mass is 35.5.